The molecule has 6 heteroatoms. The predicted octanol–water partition coefficient (Wildman–Crippen LogP) is 3.73. The van der Waals surface area contributed by atoms with Crippen LogP contribution in [0.1, 0.15) is 52.4 Å². The van der Waals surface area contributed by atoms with Gasteiger partial charge in [-0.3, -0.25) is 0 Å². The summed E-state index contributed by atoms with van der Waals surface area (Å²) >= 11 is 5.93. The maximum Gasteiger partial charge on any atom is 0.229 e. The molecule has 0 radical (unpaired) electrons. The van der Waals surface area contributed by atoms with Crippen molar-refractivity contribution in [3.8, 4) is 0 Å². The van der Waals surface area contributed by atoms with Gasteiger partial charge in [-0.05, 0) is 50.1 Å². The Bertz CT molecular complexity index is 418. The van der Waals surface area contributed by atoms with Crippen LogP contribution in [0.25, 0.3) is 0 Å². The van der Waals surface area contributed by atoms with Crippen molar-refractivity contribution in [2.75, 3.05) is 17.2 Å². The maximum absolute atomic E-state index is 5.93. The van der Waals surface area contributed by atoms with Crippen molar-refractivity contribution in [3.63, 3.8) is 0 Å². The van der Waals surface area contributed by atoms with Crippen LogP contribution in [0.2, 0.25) is 5.28 Å². The van der Waals surface area contributed by atoms with Crippen LogP contribution in [0.5, 0.6) is 0 Å². The molecule has 0 unspecified atom stereocenters. The molecule has 2 rings (SSSR count). The Morgan fingerprint density at radius 3 is 2.40 bits per heavy atom. The fourth-order valence-corrected chi connectivity index (χ4v) is 3.00. The van der Waals surface area contributed by atoms with Crippen molar-refractivity contribution in [3.05, 3.63) is 5.28 Å². The zero-order chi connectivity index (χ0) is 14.4. The van der Waals surface area contributed by atoms with Crippen LogP contribution in [0.4, 0.5) is 11.9 Å². The number of halogens is 1. The maximum atomic E-state index is 5.93. The summed E-state index contributed by atoms with van der Waals surface area (Å²) in [4.78, 5) is 12.5. The minimum absolute atomic E-state index is 0.234. The molecule has 2 N–H and O–H groups in total. The lowest BCUT2D eigenvalue weighted by molar-refractivity contribution is 0.318. The number of hydrogen-bond donors (Lipinski definition) is 2. The molecule has 1 aromatic heterocycles. The van der Waals surface area contributed by atoms with Crippen molar-refractivity contribution in [1.29, 1.82) is 0 Å². The van der Waals surface area contributed by atoms with E-state index in [1.807, 2.05) is 6.92 Å². The van der Waals surface area contributed by atoms with Gasteiger partial charge >= 0.3 is 0 Å². The number of hydrogen-bond acceptors (Lipinski definition) is 5. The SMILES string of the molecule is CCCC1CCC(Nc2nc(Cl)nc(NCC)n2)CC1. The first-order valence-electron chi connectivity index (χ1n) is 7.63. The van der Waals surface area contributed by atoms with E-state index >= 15 is 0 Å². The van der Waals surface area contributed by atoms with E-state index in [0.717, 1.165) is 12.5 Å². The smallest absolute Gasteiger partial charge is 0.229 e. The van der Waals surface area contributed by atoms with E-state index in [1.54, 1.807) is 0 Å². The normalized spacial score (nSPS) is 22.6. The first kappa shape index (κ1) is 15.3. The molecular formula is C14H24ClN5. The van der Waals surface area contributed by atoms with E-state index < -0.39 is 0 Å². The zero-order valence-corrected chi connectivity index (χ0v) is 13.1. The highest BCUT2D eigenvalue weighted by atomic mass is 35.5. The second-order valence-corrected chi connectivity index (χ2v) is 5.77. The Kier molecular flexibility index (Phi) is 5.83. The minimum atomic E-state index is 0.234. The molecule has 5 nitrogen and oxygen atoms in total. The van der Waals surface area contributed by atoms with Gasteiger partial charge in [0.1, 0.15) is 0 Å². The van der Waals surface area contributed by atoms with Gasteiger partial charge in [-0.25, -0.2) is 0 Å². The topological polar surface area (TPSA) is 62.7 Å². The highest BCUT2D eigenvalue weighted by Crippen LogP contribution is 2.29. The second kappa shape index (κ2) is 7.62. The number of rotatable bonds is 6. The van der Waals surface area contributed by atoms with Gasteiger partial charge in [0, 0.05) is 12.6 Å². The van der Waals surface area contributed by atoms with Crippen molar-refractivity contribution < 1.29 is 0 Å². The summed E-state index contributed by atoms with van der Waals surface area (Å²) in [5.41, 5.74) is 0. The third-order valence-corrected chi connectivity index (χ3v) is 3.99. The lowest BCUT2D eigenvalue weighted by Gasteiger charge is -2.28. The monoisotopic (exact) mass is 297 g/mol. The van der Waals surface area contributed by atoms with E-state index in [4.69, 9.17) is 11.6 Å². The summed E-state index contributed by atoms with van der Waals surface area (Å²) < 4.78 is 0. The Morgan fingerprint density at radius 2 is 1.75 bits per heavy atom. The van der Waals surface area contributed by atoms with Gasteiger partial charge in [0.15, 0.2) is 0 Å². The molecule has 112 valence electrons. The number of anilines is 2. The molecule has 0 amide bonds. The molecule has 1 heterocycles. The quantitative estimate of drug-likeness (QED) is 0.838. The van der Waals surface area contributed by atoms with Gasteiger partial charge in [-0.2, -0.15) is 15.0 Å². The van der Waals surface area contributed by atoms with Crippen molar-refractivity contribution in [2.45, 2.75) is 58.4 Å². The molecule has 0 aliphatic heterocycles. The predicted molar refractivity (Wildman–Crippen MR) is 83.3 cm³/mol. The van der Waals surface area contributed by atoms with Gasteiger partial charge in [-0.1, -0.05) is 19.8 Å². The molecule has 0 aromatic carbocycles. The third kappa shape index (κ3) is 4.47. The van der Waals surface area contributed by atoms with Gasteiger partial charge in [0.25, 0.3) is 0 Å². The summed E-state index contributed by atoms with van der Waals surface area (Å²) in [5, 5.41) is 6.69. The molecule has 20 heavy (non-hydrogen) atoms. The van der Waals surface area contributed by atoms with Gasteiger partial charge in [0.05, 0.1) is 0 Å². The fourth-order valence-electron chi connectivity index (χ4n) is 2.84. The minimum Gasteiger partial charge on any atom is -0.354 e. The Hall–Kier alpha value is -1.10. The zero-order valence-electron chi connectivity index (χ0n) is 12.3. The highest BCUT2D eigenvalue weighted by molar-refractivity contribution is 6.28. The lowest BCUT2D eigenvalue weighted by atomic mass is 9.83. The summed E-state index contributed by atoms with van der Waals surface area (Å²) in [6.07, 6.45) is 7.61. The average Bonchev–Trinajstić information content (AvgIpc) is 2.41. The summed E-state index contributed by atoms with van der Waals surface area (Å²) in [7, 11) is 0. The van der Waals surface area contributed by atoms with Crippen LogP contribution >= 0.6 is 11.6 Å². The first-order chi connectivity index (χ1) is 9.71. The molecule has 0 bridgehead atoms. The van der Waals surface area contributed by atoms with E-state index in [0.29, 0.717) is 17.9 Å². The van der Waals surface area contributed by atoms with Crippen LogP contribution in [0, 0.1) is 5.92 Å². The van der Waals surface area contributed by atoms with E-state index in [2.05, 4.69) is 32.5 Å². The van der Waals surface area contributed by atoms with Gasteiger partial charge in [-0.15, -0.1) is 0 Å². The number of nitrogens with zero attached hydrogens (tertiary/aromatic N) is 3. The molecule has 1 aliphatic rings. The molecule has 1 saturated carbocycles. The molecule has 1 aliphatic carbocycles. The molecule has 0 spiro atoms. The van der Waals surface area contributed by atoms with E-state index in [1.165, 1.54) is 38.5 Å². The largest absolute Gasteiger partial charge is 0.354 e. The Morgan fingerprint density at radius 1 is 1.05 bits per heavy atom. The van der Waals surface area contributed by atoms with E-state index in [-0.39, 0.29) is 5.28 Å². The van der Waals surface area contributed by atoms with Crippen LogP contribution in [0.3, 0.4) is 0 Å². The van der Waals surface area contributed by atoms with Gasteiger partial charge < -0.3 is 10.6 Å². The van der Waals surface area contributed by atoms with Crippen molar-refractivity contribution >= 4 is 23.5 Å². The third-order valence-electron chi connectivity index (χ3n) is 3.82. The van der Waals surface area contributed by atoms with Crippen LogP contribution in [-0.2, 0) is 0 Å². The number of nitrogens with one attached hydrogen (secondary N) is 2. The van der Waals surface area contributed by atoms with Crippen LogP contribution < -0.4 is 10.6 Å². The molecule has 0 atom stereocenters. The fraction of sp³-hybridized carbons (Fsp3) is 0.786. The Labute approximate surface area is 126 Å². The van der Waals surface area contributed by atoms with Crippen molar-refractivity contribution in [1.82, 2.24) is 15.0 Å². The highest BCUT2D eigenvalue weighted by Gasteiger charge is 2.21. The molecule has 1 aromatic rings. The molecule has 1 fully saturated rings. The van der Waals surface area contributed by atoms with Crippen LogP contribution in [0.15, 0.2) is 0 Å². The lowest BCUT2D eigenvalue weighted by Crippen LogP contribution is -2.27. The summed E-state index contributed by atoms with van der Waals surface area (Å²) in [5.74, 6) is 2.02. The average molecular weight is 298 g/mol. The van der Waals surface area contributed by atoms with Crippen LogP contribution in [-0.4, -0.2) is 27.5 Å². The standard InChI is InChI=1S/C14H24ClN5/c1-3-5-10-6-8-11(9-7-10)17-14-19-12(15)18-13(20-14)16-4-2/h10-11H,3-9H2,1-2H3,(H2,16,17,18,19,20). The van der Waals surface area contributed by atoms with Crippen molar-refractivity contribution in [2.24, 2.45) is 5.92 Å². The first-order valence-corrected chi connectivity index (χ1v) is 8.01. The molecule has 0 saturated heterocycles. The second-order valence-electron chi connectivity index (χ2n) is 5.43. The van der Waals surface area contributed by atoms with E-state index in [9.17, 15) is 0 Å². The summed E-state index contributed by atoms with van der Waals surface area (Å²) in [6.45, 7) is 5.03. The van der Waals surface area contributed by atoms with Gasteiger partial charge in [0.2, 0.25) is 17.2 Å². The summed E-state index contributed by atoms with van der Waals surface area (Å²) in [6, 6.07) is 0.455. The Balaban J connectivity index is 1.90. The molecular weight excluding hydrogens is 274 g/mol. The number of aromatic nitrogens is 3.